The molecule has 1 aliphatic rings. The van der Waals surface area contributed by atoms with Crippen LogP contribution >= 0.6 is 15.9 Å². The molecule has 0 radical (unpaired) electrons. The molecule has 1 saturated heterocycles. The molecule has 2 rings (SSSR count). The Bertz CT molecular complexity index is 425. The van der Waals surface area contributed by atoms with Crippen LogP contribution in [0.25, 0.3) is 0 Å². The second-order valence-electron chi connectivity index (χ2n) is 4.71. The van der Waals surface area contributed by atoms with E-state index in [-0.39, 0.29) is 5.91 Å². The largest absolute Gasteiger partial charge is 0.334 e. The molecular formula is C13H18BrN2O+. The first-order valence-electron chi connectivity index (χ1n) is 5.94. The van der Waals surface area contributed by atoms with Crippen LogP contribution in [0, 0.1) is 6.92 Å². The molecule has 1 aromatic rings. The minimum absolute atomic E-state index is 0.151. The third-order valence-electron chi connectivity index (χ3n) is 3.32. The highest BCUT2D eigenvalue weighted by Crippen LogP contribution is 2.18. The molecule has 1 aliphatic heterocycles. The van der Waals surface area contributed by atoms with Crippen molar-refractivity contribution in [2.24, 2.45) is 0 Å². The monoisotopic (exact) mass is 297 g/mol. The molecule has 92 valence electrons. The quantitative estimate of drug-likeness (QED) is 0.812. The first-order valence-corrected chi connectivity index (χ1v) is 6.74. The van der Waals surface area contributed by atoms with Gasteiger partial charge in [-0.05, 0) is 24.6 Å². The summed E-state index contributed by atoms with van der Waals surface area (Å²) in [6.45, 7) is 5.82. The summed E-state index contributed by atoms with van der Waals surface area (Å²) in [5.41, 5.74) is 1.94. The number of benzene rings is 1. The molecule has 1 fully saturated rings. The lowest BCUT2D eigenvalue weighted by molar-refractivity contribution is -0.883. The number of likely N-dealkylation sites (N-methyl/N-ethyl adjacent to an activating group) is 1. The molecule has 17 heavy (non-hydrogen) atoms. The van der Waals surface area contributed by atoms with Crippen LogP contribution in [0.1, 0.15) is 15.9 Å². The van der Waals surface area contributed by atoms with Crippen molar-refractivity contribution in [2.45, 2.75) is 6.92 Å². The van der Waals surface area contributed by atoms with Crippen LogP contribution in [0.4, 0.5) is 0 Å². The Labute approximate surface area is 111 Å². The van der Waals surface area contributed by atoms with Crippen LogP contribution in [0.3, 0.4) is 0 Å². The van der Waals surface area contributed by atoms with Gasteiger partial charge < -0.3 is 9.80 Å². The zero-order valence-corrected chi connectivity index (χ0v) is 11.9. The molecule has 1 heterocycles. The van der Waals surface area contributed by atoms with Gasteiger partial charge in [-0.3, -0.25) is 4.79 Å². The second kappa shape index (κ2) is 5.19. The molecule has 3 nitrogen and oxygen atoms in total. The van der Waals surface area contributed by atoms with E-state index in [9.17, 15) is 4.79 Å². The number of carbonyl (C=O) groups excluding carboxylic acids is 1. The van der Waals surface area contributed by atoms with Gasteiger partial charge in [0.15, 0.2) is 0 Å². The lowest BCUT2D eigenvalue weighted by atomic mass is 10.1. The lowest BCUT2D eigenvalue weighted by Crippen LogP contribution is -3.12. The summed E-state index contributed by atoms with van der Waals surface area (Å²) in [5.74, 6) is 0.151. The Morgan fingerprint density at radius 3 is 2.59 bits per heavy atom. The van der Waals surface area contributed by atoms with Gasteiger partial charge in [-0.15, -0.1) is 0 Å². The molecule has 0 aromatic heterocycles. The zero-order valence-electron chi connectivity index (χ0n) is 10.3. The van der Waals surface area contributed by atoms with E-state index < -0.39 is 0 Å². The average Bonchev–Trinajstić information content (AvgIpc) is 2.33. The topological polar surface area (TPSA) is 24.8 Å². The van der Waals surface area contributed by atoms with E-state index in [1.165, 1.54) is 4.90 Å². The predicted octanol–water partition coefficient (Wildman–Crippen LogP) is 0.728. The number of hydrogen-bond donors (Lipinski definition) is 1. The first kappa shape index (κ1) is 12.6. The van der Waals surface area contributed by atoms with Crippen LogP contribution < -0.4 is 4.90 Å². The first-order chi connectivity index (χ1) is 8.08. The number of carbonyl (C=O) groups is 1. The van der Waals surface area contributed by atoms with Crippen LogP contribution in [-0.2, 0) is 0 Å². The molecule has 0 bridgehead atoms. The minimum Gasteiger partial charge on any atom is -0.334 e. The van der Waals surface area contributed by atoms with Crippen molar-refractivity contribution in [3.63, 3.8) is 0 Å². The Morgan fingerprint density at radius 1 is 1.35 bits per heavy atom. The van der Waals surface area contributed by atoms with E-state index in [2.05, 4.69) is 23.0 Å². The van der Waals surface area contributed by atoms with Crippen molar-refractivity contribution >= 4 is 21.8 Å². The van der Waals surface area contributed by atoms with Gasteiger partial charge in [0.2, 0.25) is 0 Å². The summed E-state index contributed by atoms with van der Waals surface area (Å²) in [6.07, 6.45) is 0. The van der Waals surface area contributed by atoms with Crippen molar-refractivity contribution in [3.8, 4) is 0 Å². The zero-order chi connectivity index (χ0) is 12.4. The number of quaternary nitrogens is 1. The third kappa shape index (κ3) is 2.87. The van der Waals surface area contributed by atoms with Crippen molar-refractivity contribution < 1.29 is 9.69 Å². The smallest absolute Gasteiger partial charge is 0.254 e. The van der Waals surface area contributed by atoms with Crippen molar-refractivity contribution in [1.82, 2.24) is 4.90 Å². The SMILES string of the molecule is Cc1ccc(C(=O)N2CC[NH+](C)CC2)cc1Br. The van der Waals surface area contributed by atoms with Gasteiger partial charge >= 0.3 is 0 Å². The number of hydrogen-bond acceptors (Lipinski definition) is 1. The van der Waals surface area contributed by atoms with Crippen molar-refractivity contribution in [3.05, 3.63) is 33.8 Å². The van der Waals surface area contributed by atoms with E-state index in [1.54, 1.807) is 0 Å². The summed E-state index contributed by atoms with van der Waals surface area (Å²) >= 11 is 3.47. The van der Waals surface area contributed by atoms with Gasteiger partial charge in [0.1, 0.15) is 0 Å². The van der Waals surface area contributed by atoms with E-state index in [1.807, 2.05) is 30.0 Å². The maximum Gasteiger partial charge on any atom is 0.254 e. The van der Waals surface area contributed by atoms with Gasteiger partial charge in [0.25, 0.3) is 5.91 Å². The van der Waals surface area contributed by atoms with Gasteiger partial charge in [-0.1, -0.05) is 22.0 Å². The van der Waals surface area contributed by atoms with Crippen LogP contribution in [0.2, 0.25) is 0 Å². The molecule has 0 unspecified atom stereocenters. The van der Waals surface area contributed by atoms with Gasteiger partial charge in [-0.25, -0.2) is 0 Å². The molecule has 1 N–H and O–H groups in total. The highest BCUT2D eigenvalue weighted by molar-refractivity contribution is 9.10. The minimum atomic E-state index is 0.151. The second-order valence-corrected chi connectivity index (χ2v) is 5.57. The number of nitrogens with one attached hydrogen (secondary N) is 1. The van der Waals surface area contributed by atoms with E-state index in [0.717, 1.165) is 41.8 Å². The molecule has 0 atom stereocenters. The summed E-state index contributed by atoms with van der Waals surface area (Å²) in [6, 6.07) is 5.81. The number of rotatable bonds is 1. The fourth-order valence-electron chi connectivity index (χ4n) is 2.00. The number of halogens is 1. The Kier molecular flexibility index (Phi) is 3.84. The number of aryl methyl sites for hydroxylation is 1. The molecule has 1 aromatic carbocycles. The maximum absolute atomic E-state index is 12.3. The number of piperazine rings is 1. The number of nitrogens with zero attached hydrogens (tertiary/aromatic N) is 1. The van der Waals surface area contributed by atoms with Gasteiger partial charge in [0, 0.05) is 10.0 Å². The Balaban J connectivity index is 2.11. The van der Waals surface area contributed by atoms with Gasteiger partial charge in [-0.2, -0.15) is 0 Å². The normalized spacial score (nSPS) is 17.2. The molecule has 0 spiro atoms. The Hall–Kier alpha value is -0.870. The fourth-order valence-corrected chi connectivity index (χ4v) is 2.38. The highest BCUT2D eigenvalue weighted by Gasteiger charge is 2.22. The van der Waals surface area contributed by atoms with Crippen LogP contribution in [-0.4, -0.2) is 44.0 Å². The molecule has 0 aliphatic carbocycles. The standard InChI is InChI=1S/C13H17BrN2O/c1-10-3-4-11(9-12(10)14)13(17)16-7-5-15(2)6-8-16/h3-4,9H,5-8H2,1-2H3/p+1. The fraction of sp³-hybridized carbons (Fsp3) is 0.462. The highest BCUT2D eigenvalue weighted by atomic mass is 79.9. The van der Waals surface area contributed by atoms with E-state index >= 15 is 0 Å². The summed E-state index contributed by atoms with van der Waals surface area (Å²) in [7, 11) is 2.17. The van der Waals surface area contributed by atoms with Crippen molar-refractivity contribution in [1.29, 1.82) is 0 Å². The molecule has 1 amide bonds. The third-order valence-corrected chi connectivity index (χ3v) is 4.18. The lowest BCUT2D eigenvalue weighted by Gasteiger charge is -2.30. The number of amides is 1. The predicted molar refractivity (Wildman–Crippen MR) is 71.4 cm³/mol. The van der Waals surface area contributed by atoms with Crippen molar-refractivity contribution in [2.75, 3.05) is 33.2 Å². The van der Waals surface area contributed by atoms with E-state index in [4.69, 9.17) is 0 Å². The summed E-state index contributed by atoms with van der Waals surface area (Å²) < 4.78 is 1.00. The maximum atomic E-state index is 12.3. The van der Waals surface area contributed by atoms with E-state index in [0.29, 0.717) is 0 Å². The molecule has 4 heteroatoms. The summed E-state index contributed by atoms with van der Waals surface area (Å²) in [5, 5.41) is 0. The summed E-state index contributed by atoms with van der Waals surface area (Å²) in [4.78, 5) is 15.7. The van der Waals surface area contributed by atoms with Crippen LogP contribution in [0.15, 0.2) is 22.7 Å². The average molecular weight is 298 g/mol. The molecular weight excluding hydrogens is 280 g/mol. The Morgan fingerprint density at radius 2 is 2.00 bits per heavy atom. The van der Waals surface area contributed by atoms with Crippen LogP contribution in [0.5, 0.6) is 0 Å². The van der Waals surface area contributed by atoms with Gasteiger partial charge in [0.05, 0.1) is 33.2 Å². The molecule has 0 saturated carbocycles.